The maximum absolute atomic E-state index is 11.2. The molecule has 0 radical (unpaired) electrons. The lowest BCUT2D eigenvalue weighted by Crippen LogP contribution is -2.26. The van der Waals surface area contributed by atoms with Gasteiger partial charge in [0.1, 0.15) is 0 Å². The van der Waals surface area contributed by atoms with Crippen LogP contribution in [0.3, 0.4) is 0 Å². The smallest absolute Gasteiger partial charge is 0.333 e. The molecule has 3 nitrogen and oxygen atoms in total. The Morgan fingerprint density at radius 1 is 1.21 bits per heavy atom. The molecule has 0 aliphatic rings. The number of benzene rings is 2. The van der Waals surface area contributed by atoms with Crippen LogP contribution in [0.25, 0.3) is 10.8 Å². The molecule has 0 amide bonds. The predicted molar refractivity (Wildman–Crippen MR) is 75.3 cm³/mol. The largest absolute Gasteiger partial charge is 0.479 e. The van der Waals surface area contributed by atoms with Gasteiger partial charge in [0, 0.05) is 13.0 Å². The zero-order valence-corrected chi connectivity index (χ0v) is 11.0. The van der Waals surface area contributed by atoms with Crippen LogP contribution in [0.1, 0.15) is 18.9 Å². The Bertz CT molecular complexity index is 557. The number of fused-ring (bicyclic) bond motifs is 1. The molecule has 2 aromatic carbocycles. The summed E-state index contributed by atoms with van der Waals surface area (Å²) in [7, 11) is 0. The van der Waals surface area contributed by atoms with Crippen molar-refractivity contribution in [2.24, 2.45) is 0 Å². The third-order valence-corrected chi connectivity index (χ3v) is 3.08. The number of carbonyl (C=O) groups is 1. The van der Waals surface area contributed by atoms with Gasteiger partial charge >= 0.3 is 5.97 Å². The lowest BCUT2D eigenvalue weighted by Gasteiger charge is -2.14. The maximum Gasteiger partial charge on any atom is 0.333 e. The summed E-state index contributed by atoms with van der Waals surface area (Å²) in [6.45, 7) is 2.44. The summed E-state index contributed by atoms with van der Waals surface area (Å²) in [4.78, 5) is 11.2. The number of rotatable bonds is 6. The fraction of sp³-hybridized carbons (Fsp3) is 0.312. The van der Waals surface area contributed by atoms with Crippen molar-refractivity contribution >= 4 is 16.7 Å². The second-order valence-electron chi connectivity index (χ2n) is 4.54. The van der Waals surface area contributed by atoms with Crippen LogP contribution in [0.4, 0.5) is 0 Å². The maximum atomic E-state index is 11.2. The van der Waals surface area contributed by atoms with E-state index in [-0.39, 0.29) is 0 Å². The van der Waals surface area contributed by atoms with Crippen molar-refractivity contribution in [3.05, 3.63) is 48.0 Å². The molecule has 0 heterocycles. The summed E-state index contributed by atoms with van der Waals surface area (Å²) in [5.41, 5.74) is 1.02. The third-order valence-electron chi connectivity index (χ3n) is 3.08. The lowest BCUT2D eigenvalue weighted by atomic mass is 10.00. The molecule has 0 unspecified atom stereocenters. The fourth-order valence-corrected chi connectivity index (χ4v) is 2.15. The van der Waals surface area contributed by atoms with Gasteiger partial charge in [0.15, 0.2) is 6.10 Å². The number of hydrogen-bond acceptors (Lipinski definition) is 2. The topological polar surface area (TPSA) is 46.5 Å². The van der Waals surface area contributed by atoms with E-state index < -0.39 is 12.1 Å². The minimum Gasteiger partial charge on any atom is -0.479 e. The summed E-state index contributed by atoms with van der Waals surface area (Å²) in [6.07, 6.45) is 0.446. The van der Waals surface area contributed by atoms with Crippen LogP contribution in [-0.4, -0.2) is 23.8 Å². The van der Waals surface area contributed by atoms with Gasteiger partial charge in [-0.2, -0.15) is 0 Å². The Morgan fingerprint density at radius 2 is 1.95 bits per heavy atom. The highest BCUT2D eigenvalue weighted by Gasteiger charge is 2.19. The van der Waals surface area contributed by atoms with Crippen LogP contribution in [0.2, 0.25) is 0 Å². The van der Waals surface area contributed by atoms with Gasteiger partial charge in [-0.15, -0.1) is 0 Å². The molecule has 0 bridgehead atoms. The van der Waals surface area contributed by atoms with Crippen LogP contribution in [0, 0.1) is 0 Å². The first-order valence-electron chi connectivity index (χ1n) is 6.53. The number of aliphatic carboxylic acids is 1. The van der Waals surface area contributed by atoms with E-state index in [1.807, 2.05) is 49.4 Å². The van der Waals surface area contributed by atoms with E-state index in [2.05, 4.69) is 0 Å². The normalized spacial score (nSPS) is 12.5. The molecule has 0 saturated heterocycles. The Morgan fingerprint density at radius 3 is 2.68 bits per heavy atom. The number of ether oxygens (including phenoxy) is 1. The van der Waals surface area contributed by atoms with Crippen molar-refractivity contribution in [1.82, 2.24) is 0 Å². The van der Waals surface area contributed by atoms with Gasteiger partial charge in [-0.3, -0.25) is 0 Å². The summed E-state index contributed by atoms with van der Waals surface area (Å²) in [6, 6.07) is 13.9. The highest BCUT2D eigenvalue weighted by Crippen LogP contribution is 2.20. The quantitative estimate of drug-likeness (QED) is 0.865. The average Bonchev–Trinajstić information content (AvgIpc) is 2.43. The van der Waals surface area contributed by atoms with Crippen LogP contribution in [-0.2, 0) is 16.0 Å². The van der Waals surface area contributed by atoms with Crippen molar-refractivity contribution in [2.75, 3.05) is 6.61 Å². The molecule has 19 heavy (non-hydrogen) atoms. The van der Waals surface area contributed by atoms with E-state index in [9.17, 15) is 9.90 Å². The van der Waals surface area contributed by atoms with Gasteiger partial charge in [-0.05, 0) is 22.8 Å². The molecular weight excluding hydrogens is 240 g/mol. The Hall–Kier alpha value is -1.87. The molecule has 1 N–H and O–H groups in total. The minimum atomic E-state index is -0.901. The Balaban J connectivity index is 2.26. The zero-order chi connectivity index (χ0) is 13.7. The van der Waals surface area contributed by atoms with Gasteiger partial charge < -0.3 is 9.84 Å². The summed E-state index contributed by atoms with van der Waals surface area (Å²) < 4.78 is 5.41. The van der Waals surface area contributed by atoms with Crippen LogP contribution < -0.4 is 0 Å². The summed E-state index contributed by atoms with van der Waals surface area (Å²) >= 11 is 0. The monoisotopic (exact) mass is 258 g/mol. The molecular formula is C16H18O3. The average molecular weight is 258 g/mol. The lowest BCUT2D eigenvalue weighted by molar-refractivity contribution is -0.150. The first-order valence-corrected chi connectivity index (χ1v) is 6.53. The standard InChI is InChI=1S/C16H18O3/c1-2-10-19-15(16(17)18)11-13-8-5-7-12-6-3-4-9-14(12)13/h3-9,15H,2,10-11H2,1H3,(H,17,18)/t15-/m0/s1. The summed E-state index contributed by atoms with van der Waals surface area (Å²) in [5, 5.41) is 11.4. The molecule has 0 spiro atoms. The van der Waals surface area contributed by atoms with Crippen molar-refractivity contribution in [3.63, 3.8) is 0 Å². The van der Waals surface area contributed by atoms with E-state index in [1.54, 1.807) is 0 Å². The first kappa shape index (κ1) is 13.6. The predicted octanol–water partition coefficient (Wildman–Crippen LogP) is 3.26. The summed E-state index contributed by atoms with van der Waals surface area (Å²) in [5.74, 6) is -0.901. The molecule has 3 heteroatoms. The molecule has 0 saturated carbocycles. The van der Waals surface area contributed by atoms with Gasteiger partial charge in [-0.25, -0.2) is 4.79 Å². The molecule has 1 atom stereocenters. The molecule has 0 fully saturated rings. The number of carboxylic acids is 1. The fourth-order valence-electron chi connectivity index (χ4n) is 2.15. The first-order chi connectivity index (χ1) is 9.22. The molecule has 2 aromatic rings. The van der Waals surface area contributed by atoms with E-state index >= 15 is 0 Å². The molecule has 0 aliphatic heterocycles. The molecule has 2 rings (SSSR count). The van der Waals surface area contributed by atoms with Crippen LogP contribution >= 0.6 is 0 Å². The highest BCUT2D eigenvalue weighted by atomic mass is 16.5. The molecule has 0 aliphatic carbocycles. The van der Waals surface area contributed by atoms with Gasteiger partial charge in [0.05, 0.1) is 0 Å². The van der Waals surface area contributed by atoms with E-state index in [1.165, 1.54) is 0 Å². The molecule has 100 valence electrons. The van der Waals surface area contributed by atoms with Crippen LogP contribution in [0.15, 0.2) is 42.5 Å². The van der Waals surface area contributed by atoms with Gasteiger partial charge in [-0.1, -0.05) is 49.4 Å². The van der Waals surface area contributed by atoms with Gasteiger partial charge in [0.25, 0.3) is 0 Å². The van der Waals surface area contributed by atoms with E-state index in [0.29, 0.717) is 13.0 Å². The van der Waals surface area contributed by atoms with E-state index in [4.69, 9.17) is 4.74 Å². The highest BCUT2D eigenvalue weighted by molar-refractivity contribution is 5.86. The zero-order valence-electron chi connectivity index (χ0n) is 11.0. The Kier molecular flexibility index (Phi) is 4.53. The third kappa shape index (κ3) is 3.32. The Labute approximate surface area is 112 Å². The number of hydrogen-bond donors (Lipinski definition) is 1. The number of carboxylic acid groups (broad SMARTS) is 1. The second-order valence-corrected chi connectivity index (χ2v) is 4.54. The van der Waals surface area contributed by atoms with Crippen molar-refractivity contribution < 1.29 is 14.6 Å². The SMILES string of the molecule is CCCO[C@@H](Cc1cccc2ccccc12)C(=O)O. The van der Waals surface area contributed by atoms with E-state index in [0.717, 1.165) is 22.8 Å². The second kappa shape index (κ2) is 6.34. The minimum absolute atomic E-state index is 0.399. The van der Waals surface area contributed by atoms with Crippen molar-refractivity contribution in [2.45, 2.75) is 25.9 Å². The van der Waals surface area contributed by atoms with Crippen molar-refractivity contribution in [1.29, 1.82) is 0 Å². The molecule has 0 aromatic heterocycles. The van der Waals surface area contributed by atoms with Gasteiger partial charge in [0.2, 0.25) is 0 Å². The van der Waals surface area contributed by atoms with Crippen molar-refractivity contribution in [3.8, 4) is 0 Å². The van der Waals surface area contributed by atoms with Crippen LogP contribution in [0.5, 0.6) is 0 Å².